The Morgan fingerprint density at radius 2 is 1.75 bits per heavy atom. The molecule has 14 heteroatoms. The van der Waals surface area contributed by atoms with Crippen molar-refractivity contribution in [2.45, 2.75) is 24.2 Å². The van der Waals surface area contributed by atoms with E-state index in [0.717, 1.165) is 28.6 Å². The van der Waals surface area contributed by atoms with E-state index in [9.17, 15) is 14.0 Å². The van der Waals surface area contributed by atoms with Crippen molar-refractivity contribution in [1.82, 2.24) is 25.1 Å². The molecule has 0 fully saturated rings. The van der Waals surface area contributed by atoms with E-state index in [0.29, 0.717) is 45.2 Å². The molecule has 5 aromatic rings. The molecule has 0 radical (unpaired) electrons. The number of thioether (sulfide) groups is 1. The zero-order valence-electron chi connectivity index (χ0n) is 26.3. The van der Waals surface area contributed by atoms with Crippen LogP contribution in [0, 0.1) is 5.82 Å². The third-order valence-corrected chi connectivity index (χ3v) is 9.43. The molecule has 3 heterocycles. The molecule has 1 aliphatic rings. The van der Waals surface area contributed by atoms with Gasteiger partial charge in [0.15, 0.2) is 22.5 Å². The van der Waals surface area contributed by atoms with Crippen molar-refractivity contribution in [3.63, 3.8) is 0 Å². The minimum absolute atomic E-state index is 0.0386. The second-order valence-electron chi connectivity index (χ2n) is 10.5. The van der Waals surface area contributed by atoms with Crippen molar-refractivity contribution < 1.29 is 28.2 Å². The normalized spacial score (nSPS) is 14.0. The van der Waals surface area contributed by atoms with Crippen LogP contribution in [-0.2, 0) is 11.3 Å². The van der Waals surface area contributed by atoms with Gasteiger partial charge in [0.2, 0.25) is 0 Å². The maximum Gasteiger partial charge on any atom is 0.261 e. The minimum Gasteiger partial charge on any atom is -0.497 e. The molecule has 0 bridgehead atoms. The number of nitrogens with one attached hydrogen (secondary N) is 1. The highest BCUT2D eigenvalue weighted by atomic mass is 32.2. The highest BCUT2D eigenvalue weighted by molar-refractivity contribution is 7.99. The lowest BCUT2D eigenvalue weighted by Crippen LogP contribution is -2.29. The van der Waals surface area contributed by atoms with Gasteiger partial charge in [-0.25, -0.2) is 9.40 Å². The second kappa shape index (κ2) is 14.7. The standard InChI is InChI=1S/C34H31FN6O5S2/c1-44-24-15-9-21(10-16-24)26-18-27(25-6-4-7-28(45-2)32(25)46-3)41(39-26)31(42)20-48-34-38-37-30(19-36-33(43)29-8-5-17-47-29)40(34)23-13-11-22(35)12-14-23/h4-17,27H,18-20H2,1-3H3,(H,36,43)/t27-/m1/s1. The molecule has 1 atom stereocenters. The Morgan fingerprint density at radius 1 is 0.958 bits per heavy atom. The number of amides is 2. The summed E-state index contributed by atoms with van der Waals surface area (Å²) in [4.78, 5) is 27.2. The Morgan fingerprint density at radius 3 is 2.44 bits per heavy atom. The number of halogens is 1. The fraction of sp³-hybridized carbons (Fsp3) is 0.206. The molecule has 2 amide bonds. The first-order valence-corrected chi connectivity index (χ1v) is 16.7. The number of thiophene rings is 1. The van der Waals surface area contributed by atoms with Gasteiger partial charge in [-0.15, -0.1) is 21.5 Å². The number of ether oxygens (including phenoxy) is 3. The maximum absolute atomic E-state index is 14.0. The molecule has 0 aliphatic carbocycles. The zero-order chi connectivity index (χ0) is 33.6. The lowest BCUT2D eigenvalue weighted by Gasteiger charge is -2.24. The van der Waals surface area contributed by atoms with Crippen LogP contribution in [0.2, 0.25) is 0 Å². The molecule has 2 aromatic heterocycles. The number of para-hydroxylation sites is 1. The number of hydrogen-bond donors (Lipinski definition) is 1. The topological polar surface area (TPSA) is 120 Å². The van der Waals surface area contributed by atoms with Gasteiger partial charge in [0.05, 0.1) is 50.3 Å². The van der Waals surface area contributed by atoms with Crippen LogP contribution in [0.1, 0.15) is 39.1 Å². The third kappa shape index (κ3) is 6.89. The number of aromatic nitrogens is 3. The van der Waals surface area contributed by atoms with Gasteiger partial charge in [-0.3, -0.25) is 14.2 Å². The molecule has 0 saturated carbocycles. The Kier molecular flexibility index (Phi) is 10.0. The van der Waals surface area contributed by atoms with Crippen molar-refractivity contribution in [3.8, 4) is 22.9 Å². The van der Waals surface area contributed by atoms with Crippen LogP contribution in [-0.4, -0.2) is 64.4 Å². The molecule has 0 unspecified atom stereocenters. The van der Waals surface area contributed by atoms with Crippen LogP contribution in [0.3, 0.4) is 0 Å². The van der Waals surface area contributed by atoms with Crippen molar-refractivity contribution in [2.75, 3.05) is 27.1 Å². The van der Waals surface area contributed by atoms with E-state index in [4.69, 9.17) is 19.3 Å². The Hall–Kier alpha value is -5.21. The first-order chi connectivity index (χ1) is 23.4. The van der Waals surface area contributed by atoms with Crippen molar-refractivity contribution in [2.24, 2.45) is 5.10 Å². The van der Waals surface area contributed by atoms with Crippen molar-refractivity contribution in [1.29, 1.82) is 0 Å². The smallest absolute Gasteiger partial charge is 0.261 e. The van der Waals surface area contributed by atoms with Crippen molar-refractivity contribution in [3.05, 3.63) is 112 Å². The largest absolute Gasteiger partial charge is 0.497 e. The first kappa shape index (κ1) is 32.7. The number of carbonyl (C=O) groups excluding carboxylic acids is 2. The number of hydrogen-bond acceptors (Lipinski definition) is 10. The highest BCUT2D eigenvalue weighted by Crippen LogP contribution is 2.42. The Balaban J connectivity index is 1.28. The third-order valence-electron chi connectivity index (χ3n) is 7.64. The highest BCUT2D eigenvalue weighted by Gasteiger charge is 2.36. The Bertz CT molecular complexity index is 1930. The summed E-state index contributed by atoms with van der Waals surface area (Å²) in [5.41, 5.74) is 2.91. The fourth-order valence-electron chi connectivity index (χ4n) is 5.32. The van der Waals surface area contributed by atoms with E-state index in [1.807, 2.05) is 41.8 Å². The van der Waals surface area contributed by atoms with E-state index in [1.165, 1.54) is 28.5 Å². The van der Waals surface area contributed by atoms with E-state index in [-0.39, 0.29) is 24.1 Å². The molecule has 0 spiro atoms. The predicted octanol–water partition coefficient (Wildman–Crippen LogP) is 5.89. The van der Waals surface area contributed by atoms with Gasteiger partial charge in [-0.05, 0) is 71.6 Å². The number of hydrazone groups is 1. The summed E-state index contributed by atoms with van der Waals surface area (Å²) in [7, 11) is 4.73. The molecule has 11 nitrogen and oxygen atoms in total. The van der Waals surface area contributed by atoms with Crippen LogP contribution in [0.25, 0.3) is 5.69 Å². The molecule has 246 valence electrons. The average molecular weight is 687 g/mol. The average Bonchev–Trinajstić information content (AvgIpc) is 3.90. The van der Waals surface area contributed by atoms with E-state index in [2.05, 4.69) is 15.5 Å². The number of nitrogens with zero attached hydrogens (tertiary/aromatic N) is 5. The first-order valence-electron chi connectivity index (χ1n) is 14.8. The number of carbonyl (C=O) groups is 2. The van der Waals surface area contributed by atoms with Gasteiger partial charge in [0.25, 0.3) is 11.8 Å². The quantitative estimate of drug-likeness (QED) is 0.161. The number of benzene rings is 3. The van der Waals surface area contributed by atoms with Gasteiger partial charge >= 0.3 is 0 Å². The maximum atomic E-state index is 14.0. The number of methoxy groups -OCH3 is 3. The summed E-state index contributed by atoms with van der Waals surface area (Å²) < 4.78 is 32.1. The molecular formula is C34H31FN6O5S2. The van der Waals surface area contributed by atoms with Gasteiger partial charge in [0.1, 0.15) is 11.6 Å². The number of rotatable bonds is 12. The molecule has 6 rings (SSSR count). The summed E-state index contributed by atoms with van der Waals surface area (Å²) in [5.74, 6) is 1.23. The summed E-state index contributed by atoms with van der Waals surface area (Å²) in [6.45, 7) is 0.0644. The van der Waals surface area contributed by atoms with Gasteiger partial charge in [-0.1, -0.05) is 30.0 Å². The van der Waals surface area contributed by atoms with E-state index >= 15 is 0 Å². The minimum atomic E-state index is -0.474. The molecule has 48 heavy (non-hydrogen) atoms. The summed E-state index contributed by atoms with van der Waals surface area (Å²) >= 11 is 2.49. The lowest BCUT2D eigenvalue weighted by molar-refractivity contribution is -0.130. The van der Waals surface area contributed by atoms with Gasteiger partial charge in [0, 0.05) is 17.7 Å². The second-order valence-corrected chi connectivity index (χ2v) is 12.4. The monoisotopic (exact) mass is 686 g/mol. The van der Waals surface area contributed by atoms with Gasteiger partial charge < -0.3 is 19.5 Å². The van der Waals surface area contributed by atoms with Crippen molar-refractivity contribution >= 4 is 40.6 Å². The summed E-state index contributed by atoms with van der Waals surface area (Å²) in [6.07, 6.45) is 0.437. The van der Waals surface area contributed by atoms with Crippen LogP contribution in [0.5, 0.6) is 17.2 Å². The molecule has 3 aromatic carbocycles. The summed E-state index contributed by atoms with van der Waals surface area (Å²) in [6, 6.07) is 21.9. The Labute approximate surface area is 284 Å². The van der Waals surface area contributed by atoms with Crippen LogP contribution >= 0.6 is 23.1 Å². The lowest BCUT2D eigenvalue weighted by atomic mass is 9.97. The van der Waals surface area contributed by atoms with E-state index in [1.54, 1.807) is 56.2 Å². The van der Waals surface area contributed by atoms with Crippen LogP contribution < -0.4 is 19.5 Å². The fourth-order valence-corrected chi connectivity index (χ4v) is 6.78. The van der Waals surface area contributed by atoms with Gasteiger partial charge in [-0.2, -0.15) is 5.10 Å². The molecular weight excluding hydrogens is 656 g/mol. The van der Waals surface area contributed by atoms with Crippen LogP contribution in [0.4, 0.5) is 4.39 Å². The SMILES string of the molecule is COc1ccc(C2=NN(C(=O)CSc3nnc(CNC(=O)c4cccs4)n3-c3ccc(F)cc3)[C@@H](c3cccc(OC)c3OC)C2)cc1. The van der Waals surface area contributed by atoms with E-state index < -0.39 is 11.9 Å². The molecule has 1 N–H and O–H groups in total. The zero-order valence-corrected chi connectivity index (χ0v) is 27.9. The molecule has 1 aliphatic heterocycles. The van der Waals surface area contributed by atoms with Crippen LogP contribution in [0.15, 0.2) is 94.5 Å². The predicted molar refractivity (Wildman–Crippen MR) is 181 cm³/mol. The summed E-state index contributed by atoms with van der Waals surface area (Å²) in [5, 5.41) is 20.0. The molecule has 0 saturated heterocycles.